The molecule has 0 aliphatic rings. The zero-order chi connectivity index (χ0) is 13.4. The number of carbonyl (C=O) groups is 1. The summed E-state index contributed by atoms with van der Waals surface area (Å²) in [5, 5.41) is 17.8. The summed E-state index contributed by atoms with van der Waals surface area (Å²) in [7, 11) is 0. The first-order chi connectivity index (χ1) is 8.67. The maximum absolute atomic E-state index is 11.7. The molecule has 1 aromatic heterocycles. The van der Waals surface area contributed by atoms with Gasteiger partial charge in [0.2, 0.25) is 0 Å². The quantitative estimate of drug-likeness (QED) is 0.710. The van der Waals surface area contributed by atoms with Gasteiger partial charge in [0, 0.05) is 18.1 Å². The van der Waals surface area contributed by atoms with E-state index in [9.17, 15) is 9.90 Å². The summed E-state index contributed by atoms with van der Waals surface area (Å²) >= 11 is 1.53. The van der Waals surface area contributed by atoms with E-state index >= 15 is 0 Å². The number of aliphatic hydroxyl groups is 1. The molecule has 3 N–H and O–H groups in total. The van der Waals surface area contributed by atoms with Gasteiger partial charge < -0.3 is 15.7 Å². The van der Waals surface area contributed by atoms with Crippen LogP contribution in [0.25, 0.3) is 0 Å². The van der Waals surface area contributed by atoms with Crippen LogP contribution in [0.4, 0.5) is 4.79 Å². The topological polar surface area (TPSA) is 74.2 Å². The van der Waals surface area contributed by atoms with Gasteiger partial charge in [-0.05, 0) is 12.8 Å². The van der Waals surface area contributed by atoms with Crippen molar-refractivity contribution < 1.29 is 9.90 Å². The lowest BCUT2D eigenvalue weighted by molar-refractivity contribution is 0.160. The van der Waals surface area contributed by atoms with E-state index in [4.69, 9.17) is 0 Å². The van der Waals surface area contributed by atoms with Crippen LogP contribution >= 0.6 is 11.3 Å². The number of nitrogens with zero attached hydrogens (tertiary/aromatic N) is 1. The van der Waals surface area contributed by atoms with Gasteiger partial charge in [-0.2, -0.15) is 0 Å². The van der Waals surface area contributed by atoms with Crippen molar-refractivity contribution in [3.8, 4) is 0 Å². The smallest absolute Gasteiger partial charge is 0.315 e. The fourth-order valence-electron chi connectivity index (χ4n) is 1.60. The average molecular weight is 271 g/mol. The Balaban J connectivity index is 2.34. The van der Waals surface area contributed by atoms with Crippen LogP contribution in [-0.4, -0.2) is 28.8 Å². The molecule has 0 aliphatic heterocycles. The zero-order valence-corrected chi connectivity index (χ0v) is 11.7. The Labute approximate surface area is 112 Å². The molecule has 18 heavy (non-hydrogen) atoms. The van der Waals surface area contributed by atoms with Gasteiger partial charge in [-0.25, -0.2) is 9.78 Å². The van der Waals surface area contributed by atoms with E-state index in [1.165, 1.54) is 11.3 Å². The molecule has 0 saturated heterocycles. The van der Waals surface area contributed by atoms with Crippen LogP contribution in [0.2, 0.25) is 0 Å². The number of nitrogens with one attached hydrogen (secondary N) is 2. The van der Waals surface area contributed by atoms with Crippen LogP contribution in [-0.2, 0) is 0 Å². The Morgan fingerprint density at radius 1 is 1.56 bits per heavy atom. The molecule has 1 heterocycles. The van der Waals surface area contributed by atoms with Crippen LogP contribution < -0.4 is 10.6 Å². The van der Waals surface area contributed by atoms with E-state index in [1.54, 1.807) is 6.20 Å². The molecule has 0 saturated carbocycles. The van der Waals surface area contributed by atoms with Gasteiger partial charge in [-0.1, -0.05) is 20.3 Å². The van der Waals surface area contributed by atoms with Crippen molar-refractivity contribution in [2.75, 3.05) is 6.54 Å². The minimum absolute atomic E-state index is 0.0617. The third-order valence-electron chi connectivity index (χ3n) is 2.58. The molecule has 0 fully saturated rings. The monoisotopic (exact) mass is 271 g/mol. The summed E-state index contributed by atoms with van der Waals surface area (Å²) in [6.07, 6.45) is 3.65. The predicted molar refractivity (Wildman–Crippen MR) is 72.6 cm³/mol. The molecule has 1 rings (SSSR count). The summed E-state index contributed by atoms with van der Waals surface area (Å²) in [5.41, 5.74) is 0. The highest BCUT2D eigenvalue weighted by atomic mass is 32.1. The summed E-state index contributed by atoms with van der Waals surface area (Å²) in [6, 6.07) is -0.319. The molecular weight excluding hydrogens is 250 g/mol. The summed E-state index contributed by atoms with van der Waals surface area (Å²) in [6.45, 7) is 4.28. The lowest BCUT2D eigenvalue weighted by atomic mass is 10.2. The van der Waals surface area contributed by atoms with Crippen LogP contribution in [0.15, 0.2) is 11.6 Å². The summed E-state index contributed by atoms with van der Waals surface area (Å²) < 4.78 is 0. The second kappa shape index (κ2) is 8.05. The first-order valence-corrected chi connectivity index (χ1v) is 7.17. The fraction of sp³-hybridized carbons (Fsp3) is 0.667. The molecular formula is C12H21N3O2S. The van der Waals surface area contributed by atoms with Gasteiger partial charge in [0.05, 0.1) is 12.1 Å². The van der Waals surface area contributed by atoms with Crippen molar-refractivity contribution in [2.24, 2.45) is 0 Å². The molecule has 0 radical (unpaired) electrons. The molecule has 0 bridgehead atoms. The molecule has 1 aromatic rings. The molecule has 102 valence electrons. The fourth-order valence-corrected chi connectivity index (χ4v) is 2.37. The highest BCUT2D eigenvalue weighted by Gasteiger charge is 2.15. The number of aromatic nitrogens is 1. The summed E-state index contributed by atoms with van der Waals surface area (Å²) in [5.74, 6) is 0. The van der Waals surface area contributed by atoms with Gasteiger partial charge >= 0.3 is 6.03 Å². The number of hydrogen-bond acceptors (Lipinski definition) is 4. The minimum Gasteiger partial charge on any atom is -0.391 e. The van der Waals surface area contributed by atoms with E-state index in [0.717, 1.165) is 17.8 Å². The lowest BCUT2D eigenvalue weighted by Gasteiger charge is -2.16. The highest BCUT2D eigenvalue weighted by Crippen LogP contribution is 2.18. The van der Waals surface area contributed by atoms with Crippen molar-refractivity contribution in [2.45, 2.75) is 45.3 Å². The standard InChI is InChI=1S/C12H21N3O2S/c1-3-5-9(16)8-14-12(17)15-10(4-2)11-13-6-7-18-11/h6-7,9-10,16H,3-5,8H2,1-2H3,(H2,14,15,17). The second-order valence-electron chi connectivity index (χ2n) is 4.13. The van der Waals surface area contributed by atoms with Gasteiger partial charge in [0.25, 0.3) is 0 Å². The molecule has 0 spiro atoms. The van der Waals surface area contributed by atoms with Crippen molar-refractivity contribution in [1.29, 1.82) is 0 Å². The minimum atomic E-state index is -0.472. The lowest BCUT2D eigenvalue weighted by Crippen LogP contribution is -2.41. The van der Waals surface area contributed by atoms with Crippen molar-refractivity contribution >= 4 is 17.4 Å². The largest absolute Gasteiger partial charge is 0.391 e. The van der Waals surface area contributed by atoms with Gasteiger partial charge in [0.15, 0.2) is 0 Å². The highest BCUT2D eigenvalue weighted by molar-refractivity contribution is 7.09. The Hall–Kier alpha value is -1.14. The number of hydrogen-bond donors (Lipinski definition) is 3. The van der Waals surface area contributed by atoms with E-state index in [-0.39, 0.29) is 18.6 Å². The first kappa shape index (κ1) is 14.9. The third kappa shape index (κ3) is 5.01. The number of urea groups is 1. The van der Waals surface area contributed by atoms with Crippen LogP contribution in [0, 0.1) is 0 Å². The molecule has 2 unspecified atom stereocenters. The molecule has 5 nitrogen and oxygen atoms in total. The van der Waals surface area contributed by atoms with Crippen LogP contribution in [0.1, 0.15) is 44.2 Å². The first-order valence-electron chi connectivity index (χ1n) is 6.29. The Morgan fingerprint density at radius 2 is 2.33 bits per heavy atom. The number of aliphatic hydroxyl groups excluding tert-OH is 1. The number of amides is 2. The van der Waals surface area contributed by atoms with E-state index in [0.29, 0.717) is 6.42 Å². The van der Waals surface area contributed by atoms with Crippen LogP contribution in [0.3, 0.4) is 0 Å². The van der Waals surface area contributed by atoms with Crippen molar-refractivity contribution in [1.82, 2.24) is 15.6 Å². The van der Waals surface area contributed by atoms with Crippen LogP contribution in [0.5, 0.6) is 0 Å². The Bertz CT molecular complexity index is 343. The molecule has 6 heteroatoms. The average Bonchev–Trinajstić information content (AvgIpc) is 2.87. The molecule has 2 atom stereocenters. The predicted octanol–water partition coefficient (Wildman–Crippen LogP) is 2.05. The van der Waals surface area contributed by atoms with E-state index < -0.39 is 6.10 Å². The Kier molecular flexibility index (Phi) is 6.67. The maximum atomic E-state index is 11.7. The van der Waals surface area contributed by atoms with Crippen molar-refractivity contribution in [3.05, 3.63) is 16.6 Å². The SMILES string of the molecule is CCCC(O)CNC(=O)NC(CC)c1nccs1. The number of carbonyl (C=O) groups excluding carboxylic acids is 1. The van der Waals surface area contributed by atoms with Gasteiger partial charge in [0.1, 0.15) is 5.01 Å². The number of thiazole rings is 1. The van der Waals surface area contributed by atoms with Crippen molar-refractivity contribution in [3.63, 3.8) is 0 Å². The molecule has 0 aromatic carbocycles. The second-order valence-corrected chi connectivity index (χ2v) is 5.05. The summed E-state index contributed by atoms with van der Waals surface area (Å²) in [4.78, 5) is 15.9. The molecule has 2 amide bonds. The van der Waals surface area contributed by atoms with Gasteiger partial charge in [-0.3, -0.25) is 0 Å². The molecule has 0 aliphatic carbocycles. The van der Waals surface area contributed by atoms with E-state index in [2.05, 4.69) is 15.6 Å². The van der Waals surface area contributed by atoms with E-state index in [1.807, 2.05) is 19.2 Å². The number of rotatable bonds is 7. The van der Waals surface area contributed by atoms with Gasteiger partial charge in [-0.15, -0.1) is 11.3 Å². The zero-order valence-electron chi connectivity index (χ0n) is 10.8. The third-order valence-corrected chi connectivity index (χ3v) is 3.47. The normalized spacial score (nSPS) is 13.9. The Morgan fingerprint density at radius 3 is 2.89 bits per heavy atom. The maximum Gasteiger partial charge on any atom is 0.315 e.